The average molecular weight is 376 g/mol. The van der Waals surface area contributed by atoms with Crippen LogP contribution in [0, 0.1) is 0 Å². The van der Waals surface area contributed by atoms with Gasteiger partial charge in [-0.1, -0.05) is 60.7 Å². The van der Waals surface area contributed by atoms with Gasteiger partial charge in [0.15, 0.2) is 0 Å². The molecule has 6 nitrogen and oxygen atoms in total. The Morgan fingerprint density at radius 2 is 1.75 bits per heavy atom. The van der Waals surface area contributed by atoms with Crippen LogP contribution in [0.25, 0.3) is 22.4 Å². The van der Waals surface area contributed by atoms with Crippen LogP contribution in [0.15, 0.2) is 65.5 Å². The minimum atomic E-state index is -0.671. The third kappa shape index (κ3) is 3.73. The summed E-state index contributed by atoms with van der Waals surface area (Å²) in [6.07, 6.45) is 1.69. The SMILES string of the molecule is O=C(OCC1CCCO1)c1c(-c2ccccc2)c(-c2ccccc2)n[nH]c1=O. The van der Waals surface area contributed by atoms with Gasteiger partial charge in [0.25, 0.3) is 5.56 Å². The highest BCUT2D eigenvalue weighted by Gasteiger charge is 2.25. The molecule has 1 saturated heterocycles. The van der Waals surface area contributed by atoms with Gasteiger partial charge in [-0.3, -0.25) is 4.79 Å². The molecule has 142 valence electrons. The van der Waals surface area contributed by atoms with Gasteiger partial charge < -0.3 is 9.47 Å². The molecule has 1 aromatic heterocycles. The molecule has 1 aliphatic rings. The number of aromatic nitrogens is 2. The van der Waals surface area contributed by atoms with Gasteiger partial charge in [-0.05, 0) is 18.4 Å². The maximum absolute atomic E-state index is 12.9. The van der Waals surface area contributed by atoms with Crippen molar-refractivity contribution in [3.8, 4) is 22.4 Å². The van der Waals surface area contributed by atoms with Crippen LogP contribution in [0.2, 0.25) is 0 Å². The van der Waals surface area contributed by atoms with Crippen LogP contribution in [-0.4, -0.2) is 35.5 Å². The molecule has 0 bridgehead atoms. The average Bonchev–Trinajstić information content (AvgIpc) is 3.27. The zero-order valence-electron chi connectivity index (χ0n) is 15.3. The molecule has 1 unspecified atom stereocenters. The van der Waals surface area contributed by atoms with Crippen molar-refractivity contribution in [3.63, 3.8) is 0 Å². The van der Waals surface area contributed by atoms with Gasteiger partial charge in [0, 0.05) is 17.7 Å². The maximum atomic E-state index is 12.9. The molecule has 1 aliphatic heterocycles. The van der Waals surface area contributed by atoms with E-state index in [1.165, 1.54) is 0 Å². The number of hydrogen-bond donors (Lipinski definition) is 1. The zero-order valence-corrected chi connectivity index (χ0v) is 15.3. The van der Waals surface area contributed by atoms with E-state index in [0.29, 0.717) is 17.9 Å². The lowest BCUT2D eigenvalue weighted by molar-refractivity contribution is 0.0160. The van der Waals surface area contributed by atoms with E-state index in [9.17, 15) is 9.59 Å². The molecule has 4 rings (SSSR count). The molecule has 0 aliphatic carbocycles. The van der Waals surface area contributed by atoms with Crippen LogP contribution >= 0.6 is 0 Å². The monoisotopic (exact) mass is 376 g/mol. The maximum Gasteiger partial charge on any atom is 0.344 e. The van der Waals surface area contributed by atoms with Gasteiger partial charge in [-0.2, -0.15) is 5.10 Å². The molecule has 2 heterocycles. The molecule has 0 spiro atoms. The Morgan fingerprint density at radius 3 is 2.39 bits per heavy atom. The van der Waals surface area contributed by atoms with Crippen LogP contribution in [0.1, 0.15) is 23.2 Å². The number of benzene rings is 2. The van der Waals surface area contributed by atoms with E-state index < -0.39 is 11.5 Å². The summed E-state index contributed by atoms with van der Waals surface area (Å²) in [4.78, 5) is 25.5. The van der Waals surface area contributed by atoms with Gasteiger partial charge in [-0.15, -0.1) is 0 Å². The Morgan fingerprint density at radius 1 is 1.07 bits per heavy atom. The van der Waals surface area contributed by atoms with Crippen LogP contribution < -0.4 is 5.56 Å². The summed E-state index contributed by atoms with van der Waals surface area (Å²) < 4.78 is 10.9. The van der Waals surface area contributed by atoms with E-state index in [1.54, 1.807) is 0 Å². The van der Waals surface area contributed by atoms with Crippen molar-refractivity contribution in [3.05, 3.63) is 76.6 Å². The zero-order chi connectivity index (χ0) is 19.3. The van der Waals surface area contributed by atoms with E-state index in [0.717, 1.165) is 24.0 Å². The summed E-state index contributed by atoms with van der Waals surface area (Å²) in [5.74, 6) is -0.671. The van der Waals surface area contributed by atoms with Gasteiger partial charge in [0.1, 0.15) is 12.2 Å². The topological polar surface area (TPSA) is 81.3 Å². The highest BCUT2D eigenvalue weighted by Crippen LogP contribution is 2.31. The Labute approximate surface area is 162 Å². The van der Waals surface area contributed by atoms with Crippen molar-refractivity contribution < 1.29 is 14.3 Å². The molecular weight excluding hydrogens is 356 g/mol. The minimum absolute atomic E-state index is 0.0435. The number of ether oxygens (including phenoxy) is 2. The molecule has 0 amide bonds. The molecule has 2 aromatic carbocycles. The summed E-state index contributed by atoms with van der Waals surface area (Å²) in [5.41, 5.74) is 1.90. The Bertz CT molecular complexity index is 1010. The Balaban J connectivity index is 1.80. The lowest BCUT2D eigenvalue weighted by atomic mass is 9.95. The Hall–Kier alpha value is -3.25. The first kappa shape index (κ1) is 18.1. The van der Waals surface area contributed by atoms with Crippen molar-refractivity contribution in [2.75, 3.05) is 13.2 Å². The summed E-state index contributed by atoms with van der Waals surface area (Å²) in [5, 5.41) is 6.68. The minimum Gasteiger partial charge on any atom is -0.459 e. The summed E-state index contributed by atoms with van der Waals surface area (Å²) in [7, 11) is 0. The number of nitrogens with zero attached hydrogens (tertiary/aromatic N) is 1. The smallest absolute Gasteiger partial charge is 0.344 e. The summed E-state index contributed by atoms with van der Waals surface area (Å²) in [6.45, 7) is 0.807. The largest absolute Gasteiger partial charge is 0.459 e. The molecule has 28 heavy (non-hydrogen) atoms. The number of rotatable bonds is 5. The summed E-state index contributed by atoms with van der Waals surface area (Å²) >= 11 is 0. The van der Waals surface area contributed by atoms with Gasteiger partial charge in [-0.25, -0.2) is 9.89 Å². The van der Waals surface area contributed by atoms with Crippen LogP contribution in [-0.2, 0) is 9.47 Å². The number of carbonyl (C=O) groups excluding carboxylic acids is 1. The van der Waals surface area contributed by atoms with Crippen molar-refractivity contribution >= 4 is 5.97 Å². The predicted molar refractivity (Wildman–Crippen MR) is 105 cm³/mol. The van der Waals surface area contributed by atoms with Crippen molar-refractivity contribution in [2.45, 2.75) is 18.9 Å². The molecule has 6 heteroatoms. The quantitative estimate of drug-likeness (QED) is 0.690. The number of H-pyrrole nitrogens is 1. The first-order valence-corrected chi connectivity index (χ1v) is 9.26. The number of aromatic amines is 1. The van der Waals surface area contributed by atoms with E-state index in [1.807, 2.05) is 60.7 Å². The van der Waals surface area contributed by atoms with Gasteiger partial charge >= 0.3 is 5.97 Å². The fourth-order valence-corrected chi connectivity index (χ4v) is 3.35. The van der Waals surface area contributed by atoms with Crippen molar-refractivity contribution in [1.29, 1.82) is 0 Å². The Kier molecular flexibility index (Phi) is 5.30. The summed E-state index contributed by atoms with van der Waals surface area (Å²) in [6, 6.07) is 18.7. The number of carbonyl (C=O) groups is 1. The first-order chi connectivity index (χ1) is 13.7. The first-order valence-electron chi connectivity index (χ1n) is 9.26. The van der Waals surface area contributed by atoms with Crippen LogP contribution in [0.4, 0.5) is 0 Å². The van der Waals surface area contributed by atoms with Crippen molar-refractivity contribution in [2.24, 2.45) is 0 Å². The van der Waals surface area contributed by atoms with Gasteiger partial charge in [0.2, 0.25) is 0 Å². The lowest BCUT2D eigenvalue weighted by Crippen LogP contribution is -2.26. The number of esters is 1. The second kappa shape index (κ2) is 8.19. The molecule has 3 aromatic rings. The highest BCUT2D eigenvalue weighted by atomic mass is 16.6. The molecule has 0 saturated carbocycles. The van der Waals surface area contributed by atoms with Gasteiger partial charge in [0.05, 0.1) is 11.8 Å². The normalized spacial score (nSPS) is 16.1. The third-order valence-electron chi connectivity index (χ3n) is 4.72. The van der Waals surface area contributed by atoms with Crippen molar-refractivity contribution in [1.82, 2.24) is 10.2 Å². The second-order valence-corrected chi connectivity index (χ2v) is 6.62. The lowest BCUT2D eigenvalue weighted by Gasteiger charge is -2.14. The molecule has 1 N–H and O–H groups in total. The molecular formula is C22H20N2O4. The van der Waals surface area contributed by atoms with Crippen LogP contribution in [0.3, 0.4) is 0 Å². The molecule has 1 fully saturated rings. The molecule has 1 atom stereocenters. The standard InChI is InChI=1S/C22H20N2O4/c25-21-19(22(26)28-14-17-12-7-13-27-17)18(15-8-3-1-4-9-15)20(23-24-21)16-10-5-2-6-11-16/h1-6,8-11,17H,7,12-14H2,(H,24,25). The molecule has 0 radical (unpaired) electrons. The van der Waals surface area contributed by atoms with E-state index in [-0.39, 0.29) is 18.3 Å². The van der Waals surface area contributed by atoms with E-state index >= 15 is 0 Å². The number of nitrogens with one attached hydrogen (secondary N) is 1. The highest BCUT2D eigenvalue weighted by molar-refractivity contribution is 6.00. The number of hydrogen-bond acceptors (Lipinski definition) is 5. The van der Waals surface area contributed by atoms with E-state index in [4.69, 9.17) is 9.47 Å². The fourth-order valence-electron chi connectivity index (χ4n) is 3.35. The second-order valence-electron chi connectivity index (χ2n) is 6.62. The third-order valence-corrected chi connectivity index (χ3v) is 4.72. The van der Waals surface area contributed by atoms with Crippen LogP contribution in [0.5, 0.6) is 0 Å². The van der Waals surface area contributed by atoms with E-state index in [2.05, 4.69) is 10.2 Å². The predicted octanol–water partition coefficient (Wildman–Crippen LogP) is 3.44. The fraction of sp³-hybridized carbons (Fsp3) is 0.227.